The topological polar surface area (TPSA) is 0 Å². The average Bonchev–Trinajstić information content (AvgIpc) is 2.38. The second kappa shape index (κ2) is 2.77. The van der Waals surface area contributed by atoms with E-state index >= 15 is 0 Å². The van der Waals surface area contributed by atoms with Crippen LogP contribution >= 0.6 is 0 Å². The molecule has 0 unspecified atom stereocenters. The van der Waals surface area contributed by atoms with E-state index in [1.54, 1.807) is 0 Å². The van der Waals surface area contributed by atoms with Crippen LogP contribution in [0, 0.1) is 11.3 Å². The molecule has 0 N–H and O–H groups in total. The molecular weight excluding hydrogens is 120 g/mol. The van der Waals surface area contributed by atoms with E-state index in [0.29, 0.717) is 5.41 Å². The van der Waals surface area contributed by atoms with E-state index in [1.165, 1.54) is 19.3 Å². The van der Waals surface area contributed by atoms with E-state index in [-0.39, 0.29) is 0 Å². The van der Waals surface area contributed by atoms with Crippen molar-refractivity contribution in [2.24, 2.45) is 11.3 Å². The molecule has 0 spiro atoms. The molecule has 0 aromatic rings. The van der Waals surface area contributed by atoms with Crippen LogP contribution in [-0.4, -0.2) is 0 Å². The van der Waals surface area contributed by atoms with E-state index in [2.05, 4.69) is 32.9 Å². The number of hydrogen-bond donors (Lipinski definition) is 0. The number of hydrogen-bond acceptors (Lipinski definition) is 0. The Balaban J connectivity index is 2.48. The SMILES string of the molecule is CCC(C)(C)C1CC=CC1. The molecule has 0 saturated carbocycles. The molecular formula is C10H18. The van der Waals surface area contributed by atoms with Crippen LogP contribution in [0.3, 0.4) is 0 Å². The summed E-state index contributed by atoms with van der Waals surface area (Å²) in [5.41, 5.74) is 0.559. The van der Waals surface area contributed by atoms with Crippen molar-refractivity contribution in [3.63, 3.8) is 0 Å². The Bertz CT molecular complexity index is 123. The molecule has 1 aliphatic rings. The fourth-order valence-corrected chi connectivity index (χ4v) is 1.54. The van der Waals surface area contributed by atoms with Crippen LogP contribution in [0.25, 0.3) is 0 Å². The third-order valence-corrected chi connectivity index (χ3v) is 3.02. The summed E-state index contributed by atoms with van der Waals surface area (Å²) >= 11 is 0. The van der Waals surface area contributed by atoms with E-state index < -0.39 is 0 Å². The van der Waals surface area contributed by atoms with Crippen molar-refractivity contribution in [3.05, 3.63) is 12.2 Å². The lowest BCUT2D eigenvalue weighted by atomic mass is 9.75. The third-order valence-electron chi connectivity index (χ3n) is 3.02. The van der Waals surface area contributed by atoms with E-state index in [4.69, 9.17) is 0 Å². The summed E-state index contributed by atoms with van der Waals surface area (Å²) in [6.45, 7) is 7.05. The first-order chi connectivity index (χ1) is 4.67. The van der Waals surface area contributed by atoms with Gasteiger partial charge in [0.05, 0.1) is 0 Å². The van der Waals surface area contributed by atoms with Crippen LogP contribution < -0.4 is 0 Å². The fourth-order valence-electron chi connectivity index (χ4n) is 1.54. The summed E-state index contributed by atoms with van der Waals surface area (Å²) in [5, 5.41) is 0. The average molecular weight is 138 g/mol. The van der Waals surface area contributed by atoms with Gasteiger partial charge in [0, 0.05) is 0 Å². The van der Waals surface area contributed by atoms with Gasteiger partial charge in [0.2, 0.25) is 0 Å². The Kier molecular flexibility index (Phi) is 2.18. The van der Waals surface area contributed by atoms with Crippen LogP contribution in [0.15, 0.2) is 12.2 Å². The minimum absolute atomic E-state index is 0.559. The lowest BCUT2D eigenvalue weighted by molar-refractivity contribution is 0.214. The molecule has 0 nitrogen and oxygen atoms in total. The minimum atomic E-state index is 0.559. The first kappa shape index (κ1) is 7.84. The van der Waals surface area contributed by atoms with Gasteiger partial charge in [0.15, 0.2) is 0 Å². The van der Waals surface area contributed by atoms with Gasteiger partial charge in [-0.2, -0.15) is 0 Å². The monoisotopic (exact) mass is 138 g/mol. The molecule has 1 rings (SSSR count). The highest BCUT2D eigenvalue weighted by molar-refractivity contribution is 4.98. The molecule has 0 aromatic heterocycles. The maximum absolute atomic E-state index is 2.38. The minimum Gasteiger partial charge on any atom is -0.0882 e. The molecule has 1 aliphatic carbocycles. The highest BCUT2D eigenvalue weighted by atomic mass is 14.3. The van der Waals surface area contributed by atoms with E-state index in [9.17, 15) is 0 Å². The van der Waals surface area contributed by atoms with Crippen LogP contribution in [0.4, 0.5) is 0 Å². The van der Waals surface area contributed by atoms with Crippen LogP contribution in [-0.2, 0) is 0 Å². The van der Waals surface area contributed by atoms with E-state index in [0.717, 1.165) is 5.92 Å². The summed E-state index contributed by atoms with van der Waals surface area (Å²) in [5.74, 6) is 0.914. The quantitative estimate of drug-likeness (QED) is 0.513. The summed E-state index contributed by atoms with van der Waals surface area (Å²) in [4.78, 5) is 0. The lowest BCUT2D eigenvalue weighted by Crippen LogP contribution is -2.20. The molecule has 0 fully saturated rings. The second-order valence-electron chi connectivity index (χ2n) is 3.98. The fraction of sp³-hybridized carbons (Fsp3) is 0.800. The van der Waals surface area contributed by atoms with Gasteiger partial charge in [-0.05, 0) is 24.2 Å². The largest absolute Gasteiger partial charge is 0.0882 e. The van der Waals surface area contributed by atoms with Gasteiger partial charge in [-0.1, -0.05) is 39.3 Å². The van der Waals surface area contributed by atoms with Gasteiger partial charge in [-0.3, -0.25) is 0 Å². The summed E-state index contributed by atoms with van der Waals surface area (Å²) in [6.07, 6.45) is 8.56. The molecule has 0 radical (unpaired) electrons. The third kappa shape index (κ3) is 1.42. The zero-order chi connectivity index (χ0) is 7.61. The highest BCUT2D eigenvalue weighted by Crippen LogP contribution is 2.38. The molecule has 0 amide bonds. The maximum Gasteiger partial charge on any atom is -0.0294 e. The summed E-state index contributed by atoms with van der Waals surface area (Å²) < 4.78 is 0. The summed E-state index contributed by atoms with van der Waals surface area (Å²) in [7, 11) is 0. The van der Waals surface area contributed by atoms with E-state index in [1.807, 2.05) is 0 Å². The Morgan fingerprint density at radius 2 is 1.80 bits per heavy atom. The van der Waals surface area contributed by atoms with Crippen molar-refractivity contribution in [2.75, 3.05) is 0 Å². The lowest BCUT2D eigenvalue weighted by Gasteiger charge is -2.30. The van der Waals surface area contributed by atoms with Crippen molar-refractivity contribution < 1.29 is 0 Å². The zero-order valence-electron chi connectivity index (χ0n) is 7.35. The molecule has 0 bridgehead atoms. The normalized spacial score (nSPS) is 20.3. The van der Waals surface area contributed by atoms with Crippen molar-refractivity contribution in [1.82, 2.24) is 0 Å². The van der Waals surface area contributed by atoms with Gasteiger partial charge in [-0.15, -0.1) is 0 Å². The predicted octanol–water partition coefficient (Wildman–Crippen LogP) is 3.39. The molecule has 0 aliphatic heterocycles. The first-order valence-corrected chi connectivity index (χ1v) is 4.32. The van der Waals surface area contributed by atoms with Gasteiger partial charge in [0.25, 0.3) is 0 Å². The van der Waals surface area contributed by atoms with Crippen LogP contribution in [0.1, 0.15) is 40.0 Å². The second-order valence-corrected chi connectivity index (χ2v) is 3.98. The van der Waals surface area contributed by atoms with Crippen LogP contribution in [0.2, 0.25) is 0 Å². The molecule has 58 valence electrons. The first-order valence-electron chi connectivity index (χ1n) is 4.32. The molecule has 0 heteroatoms. The maximum atomic E-state index is 2.38. The zero-order valence-corrected chi connectivity index (χ0v) is 7.35. The molecule has 0 atom stereocenters. The van der Waals surface area contributed by atoms with Crippen molar-refractivity contribution in [2.45, 2.75) is 40.0 Å². The van der Waals surface area contributed by atoms with Gasteiger partial charge >= 0.3 is 0 Å². The van der Waals surface area contributed by atoms with Gasteiger partial charge in [-0.25, -0.2) is 0 Å². The smallest absolute Gasteiger partial charge is 0.0294 e. The van der Waals surface area contributed by atoms with Gasteiger partial charge in [0.1, 0.15) is 0 Å². The molecule has 0 heterocycles. The number of rotatable bonds is 2. The standard InChI is InChI=1S/C10H18/c1-4-10(2,3)9-7-5-6-8-9/h5-6,9H,4,7-8H2,1-3H3. The van der Waals surface area contributed by atoms with Gasteiger partial charge < -0.3 is 0 Å². The molecule has 0 saturated heterocycles. The Labute approximate surface area is 64.3 Å². The summed E-state index contributed by atoms with van der Waals surface area (Å²) in [6, 6.07) is 0. The Morgan fingerprint density at radius 3 is 2.20 bits per heavy atom. The highest BCUT2D eigenvalue weighted by Gasteiger charge is 2.27. The number of allylic oxidation sites excluding steroid dienone is 2. The van der Waals surface area contributed by atoms with Crippen molar-refractivity contribution in [1.29, 1.82) is 0 Å². The molecule has 0 aromatic carbocycles. The van der Waals surface area contributed by atoms with Crippen molar-refractivity contribution >= 4 is 0 Å². The molecule has 10 heavy (non-hydrogen) atoms. The van der Waals surface area contributed by atoms with Crippen molar-refractivity contribution in [3.8, 4) is 0 Å². The van der Waals surface area contributed by atoms with Crippen LogP contribution in [0.5, 0.6) is 0 Å². The Morgan fingerprint density at radius 1 is 1.30 bits per heavy atom. The predicted molar refractivity (Wildman–Crippen MR) is 45.9 cm³/mol. The Hall–Kier alpha value is -0.260.